The minimum atomic E-state index is -4.37. The van der Waals surface area contributed by atoms with E-state index in [-0.39, 0.29) is 12.2 Å². The van der Waals surface area contributed by atoms with Crippen molar-refractivity contribution in [3.63, 3.8) is 0 Å². The van der Waals surface area contributed by atoms with Crippen molar-refractivity contribution in [1.29, 1.82) is 0 Å². The van der Waals surface area contributed by atoms with Gasteiger partial charge in [0.2, 0.25) is 0 Å². The van der Waals surface area contributed by atoms with Crippen molar-refractivity contribution < 1.29 is 23.1 Å². The van der Waals surface area contributed by atoms with Gasteiger partial charge in [0.15, 0.2) is 0 Å². The second kappa shape index (κ2) is 6.10. The summed E-state index contributed by atoms with van der Waals surface area (Å²) < 4.78 is 37.9. The number of carbonyl (C=O) groups is 1. The highest BCUT2D eigenvalue weighted by Gasteiger charge is 2.29. The fourth-order valence-electron chi connectivity index (χ4n) is 1.62. The minimum Gasteiger partial charge on any atom is -0.393 e. The lowest BCUT2D eigenvalue weighted by Crippen LogP contribution is -2.32. The van der Waals surface area contributed by atoms with Crippen LogP contribution in [0.5, 0.6) is 0 Å². The molecule has 0 saturated carbocycles. The summed E-state index contributed by atoms with van der Waals surface area (Å²) in [6, 6.07) is 2.76. The van der Waals surface area contributed by atoms with E-state index >= 15 is 0 Å². The monoisotopic (exact) mass is 278 g/mol. The van der Waals surface area contributed by atoms with Gasteiger partial charge in [0.1, 0.15) is 12.2 Å². The van der Waals surface area contributed by atoms with E-state index in [0.717, 1.165) is 4.57 Å². The Balaban J connectivity index is 2.74. The Morgan fingerprint density at radius 3 is 2.68 bits per heavy atom. The largest absolute Gasteiger partial charge is 0.406 e. The molecule has 0 saturated heterocycles. The average molecular weight is 278 g/mol. The quantitative estimate of drug-likeness (QED) is 0.894. The van der Waals surface area contributed by atoms with Crippen molar-refractivity contribution in [2.75, 3.05) is 13.6 Å². The van der Waals surface area contributed by atoms with Gasteiger partial charge in [0.25, 0.3) is 5.91 Å². The number of hydrogen-bond acceptors (Lipinski definition) is 2. The minimum absolute atomic E-state index is 0.00887. The summed E-state index contributed by atoms with van der Waals surface area (Å²) in [5.74, 6) is -0.491. The summed E-state index contributed by atoms with van der Waals surface area (Å²) in [5.41, 5.74) is -0.00887. The van der Waals surface area contributed by atoms with E-state index in [1.54, 1.807) is 6.92 Å². The molecule has 0 radical (unpaired) electrons. The number of carbonyl (C=O) groups excluding carboxylic acids is 1. The van der Waals surface area contributed by atoms with Gasteiger partial charge in [-0.25, -0.2) is 0 Å². The maximum absolute atomic E-state index is 12.3. The zero-order valence-electron chi connectivity index (χ0n) is 10.8. The van der Waals surface area contributed by atoms with Crippen molar-refractivity contribution in [1.82, 2.24) is 9.47 Å². The highest BCUT2D eigenvalue weighted by atomic mass is 19.4. The van der Waals surface area contributed by atoms with E-state index in [1.165, 1.54) is 30.3 Å². The summed E-state index contributed by atoms with van der Waals surface area (Å²) >= 11 is 0. The molecule has 1 amide bonds. The lowest BCUT2D eigenvalue weighted by Gasteiger charge is -2.19. The maximum atomic E-state index is 12.3. The first-order chi connectivity index (χ1) is 8.70. The molecule has 1 rings (SSSR count). The highest BCUT2D eigenvalue weighted by Crippen LogP contribution is 2.19. The Kier molecular flexibility index (Phi) is 4.99. The van der Waals surface area contributed by atoms with Gasteiger partial charge in [-0.1, -0.05) is 0 Å². The number of halogens is 3. The van der Waals surface area contributed by atoms with Crippen LogP contribution in [0.4, 0.5) is 13.2 Å². The molecular weight excluding hydrogens is 261 g/mol. The van der Waals surface area contributed by atoms with Crippen molar-refractivity contribution in [3.05, 3.63) is 24.0 Å². The lowest BCUT2D eigenvalue weighted by molar-refractivity contribution is -0.140. The van der Waals surface area contributed by atoms with Gasteiger partial charge >= 0.3 is 6.18 Å². The molecule has 1 aromatic heterocycles. The normalized spacial score (nSPS) is 13.4. The lowest BCUT2D eigenvalue weighted by atomic mass is 10.2. The fourth-order valence-corrected chi connectivity index (χ4v) is 1.62. The van der Waals surface area contributed by atoms with E-state index in [4.69, 9.17) is 5.11 Å². The number of aromatic nitrogens is 1. The van der Waals surface area contributed by atoms with Gasteiger partial charge in [0, 0.05) is 19.8 Å². The van der Waals surface area contributed by atoms with E-state index in [0.29, 0.717) is 6.42 Å². The predicted octanol–water partition coefficient (Wildman–Crippen LogP) is 1.89. The van der Waals surface area contributed by atoms with Crippen LogP contribution in [0.15, 0.2) is 18.3 Å². The summed E-state index contributed by atoms with van der Waals surface area (Å²) in [4.78, 5) is 13.3. The van der Waals surface area contributed by atoms with Crippen LogP contribution >= 0.6 is 0 Å². The molecule has 1 heterocycles. The van der Waals surface area contributed by atoms with Crippen LogP contribution in [0, 0.1) is 0 Å². The molecule has 0 fully saturated rings. The molecule has 1 atom stereocenters. The van der Waals surface area contributed by atoms with Crippen molar-refractivity contribution in [2.45, 2.75) is 32.2 Å². The number of nitrogens with zero attached hydrogens (tertiary/aromatic N) is 2. The molecule has 108 valence electrons. The van der Waals surface area contributed by atoms with E-state index in [2.05, 4.69) is 0 Å². The van der Waals surface area contributed by atoms with Crippen molar-refractivity contribution in [2.24, 2.45) is 0 Å². The van der Waals surface area contributed by atoms with Crippen LogP contribution in [0.3, 0.4) is 0 Å². The topological polar surface area (TPSA) is 45.5 Å². The van der Waals surface area contributed by atoms with Crippen molar-refractivity contribution in [3.8, 4) is 0 Å². The summed E-state index contributed by atoms with van der Waals surface area (Å²) in [6.07, 6.45) is -3.32. The highest BCUT2D eigenvalue weighted by molar-refractivity contribution is 5.92. The van der Waals surface area contributed by atoms with Crippen LogP contribution in [0.1, 0.15) is 23.8 Å². The third-order valence-corrected chi connectivity index (χ3v) is 2.63. The number of alkyl halides is 3. The number of aliphatic hydroxyl groups is 1. The molecule has 0 bridgehead atoms. The average Bonchev–Trinajstić information content (AvgIpc) is 2.70. The molecule has 1 N–H and O–H groups in total. The zero-order chi connectivity index (χ0) is 14.6. The SMILES string of the molecule is CC(O)CCN(C)C(=O)c1cccn1CC(F)(F)F. The van der Waals surface area contributed by atoms with E-state index < -0.39 is 24.7 Å². The number of amides is 1. The van der Waals surface area contributed by atoms with Crippen LogP contribution in [-0.4, -0.2) is 46.4 Å². The van der Waals surface area contributed by atoms with Crippen molar-refractivity contribution >= 4 is 5.91 Å². The van der Waals surface area contributed by atoms with Crippen LogP contribution in [0.25, 0.3) is 0 Å². The molecule has 0 spiro atoms. The third-order valence-electron chi connectivity index (χ3n) is 2.63. The van der Waals surface area contributed by atoms with E-state index in [9.17, 15) is 18.0 Å². The summed E-state index contributed by atoms with van der Waals surface area (Å²) in [6.45, 7) is 0.684. The summed E-state index contributed by atoms with van der Waals surface area (Å²) in [5, 5.41) is 9.13. The Labute approximate surface area is 109 Å². The standard InChI is InChI=1S/C12H17F3N2O2/c1-9(18)5-7-16(2)11(19)10-4-3-6-17(10)8-12(13,14)15/h3-4,6,9,18H,5,7-8H2,1-2H3. The summed E-state index contributed by atoms with van der Waals surface area (Å²) in [7, 11) is 1.50. The van der Waals surface area contributed by atoms with Crippen LogP contribution < -0.4 is 0 Å². The molecule has 0 aromatic carbocycles. The van der Waals surface area contributed by atoms with Gasteiger partial charge in [-0.3, -0.25) is 4.79 Å². The first kappa shape index (κ1) is 15.6. The van der Waals surface area contributed by atoms with Gasteiger partial charge in [0.05, 0.1) is 6.10 Å². The molecule has 7 heteroatoms. The third kappa shape index (κ3) is 4.94. The Bertz CT molecular complexity index is 427. The molecule has 1 unspecified atom stereocenters. The second-order valence-corrected chi connectivity index (χ2v) is 4.50. The van der Waals surface area contributed by atoms with E-state index in [1.807, 2.05) is 0 Å². The molecule has 1 aromatic rings. The maximum Gasteiger partial charge on any atom is 0.406 e. The smallest absolute Gasteiger partial charge is 0.393 e. The number of aliphatic hydroxyl groups excluding tert-OH is 1. The molecule has 0 aliphatic rings. The van der Waals surface area contributed by atoms with Gasteiger partial charge in [-0.05, 0) is 25.5 Å². The Morgan fingerprint density at radius 2 is 2.16 bits per heavy atom. The second-order valence-electron chi connectivity index (χ2n) is 4.50. The molecular formula is C12H17F3N2O2. The Morgan fingerprint density at radius 1 is 1.53 bits per heavy atom. The van der Waals surface area contributed by atoms with Gasteiger partial charge < -0.3 is 14.6 Å². The molecule has 4 nitrogen and oxygen atoms in total. The van der Waals surface area contributed by atoms with Gasteiger partial charge in [-0.2, -0.15) is 13.2 Å². The van der Waals surface area contributed by atoms with Gasteiger partial charge in [-0.15, -0.1) is 0 Å². The number of hydrogen-bond donors (Lipinski definition) is 1. The molecule has 19 heavy (non-hydrogen) atoms. The number of rotatable bonds is 5. The Hall–Kier alpha value is -1.50. The fraction of sp³-hybridized carbons (Fsp3) is 0.583. The zero-order valence-corrected chi connectivity index (χ0v) is 10.8. The first-order valence-corrected chi connectivity index (χ1v) is 5.86. The van der Waals surface area contributed by atoms with Crippen LogP contribution in [0.2, 0.25) is 0 Å². The predicted molar refractivity (Wildman–Crippen MR) is 63.7 cm³/mol. The molecule has 0 aliphatic heterocycles. The first-order valence-electron chi connectivity index (χ1n) is 5.86. The van der Waals surface area contributed by atoms with Crippen LogP contribution in [-0.2, 0) is 6.54 Å². The molecule has 0 aliphatic carbocycles.